The molecule has 0 unspecified atom stereocenters. The molecule has 0 aliphatic rings. The van der Waals surface area contributed by atoms with E-state index in [0.29, 0.717) is 39.3 Å². The van der Waals surface area contributed by atoms with Crippen molar-refractivity contribution in [3.05, 3.63) is 77.5 Å². The largest absolute Gasteiger partial charge is 0.335 e. The van der Waals surface area contributed by atoms with E-state index in [1.54, 1.807) is 37.3 Å². The molecule has 0 radical (unpaired) electrons. The molecule has 0 spiro atoms. The summed E-state index contributed by atoms with van der Waals surface area (Å²) in [5.74, 6) is -0.319. The molecule has 0 bridgehead atoms. The lowest BCUT2D eigenvalue weighted by molar-refractivity contribution is 0.102. The Labute approximate surface area is 155 Å². The number of nitrogens with one attached hydrogen (secondary N) is 1. The smallest absolute Gasteiger partial charge is 0.259 e. The van der Waals surface area contributed by atoms with Crippen molar-refractivity contribution in [2.24, 2.45) is 0 Å². The summed E-state index contributed by atoms with van der Waals surface area (Å²) in [4.78, 5) is 17.5. The average molecular weight is 354 g/mol. The first kappa shape index (κ1) is 16.5. The number of pyridine rings is 1. The minimum atomic E-state index is -0.319. The second-order valence-electron chi connectivity index (χ2n) is 6.02. The van der Waals surface area contributed by atoms with Crippen molar-refractivity contribution < 1.29 is 9.32 Å². The van der Waals surface area contributed by atoms with E-state index in [2.05, 4.69) is 21.5 Å². The van der Waals surface area contributed by atoms with Crippen LogP contribution >= 0.6 is 0 Å². The zero-order chi connectivity index (χ0) is 18.8. The standard InChI is InChI=1S/C21H14N4O2/c1-13-19-17(20(26)23-16-9-5-6-14(10-16)12-22)11-18(24-21(19)27-25-13)15-7-3-2-4-8-15/h2-11H,1H3,(H,23,26). The fourth-order valence-corrected chi connectivity index (χ4v) is 2.90. The van der Waals surface area contributed by atoms with Crippen LogP contribution in [0.15, 0.2) is 65.2 Å². The fraction of sp³-hybridized carbons (Fsp3) is 0.0476. The maximum Gasteiger partial charge on any atom is 0.259 e. The van der Waals surface area contributed by atoms with Gasteiger partial charge in [0.15, 0.2) is 0 Å². The molecule has 2 aromatic carbocycles. The molecule has 0 aliphatic heterocycles. The fourth-order valence-electron chi connectivity index (χ4n) is 2.90. The van der Waals surface area contributed by atoms with Gasteiger partial charge >= 0.3 is 0 Å². The minimum Gasteiger partial charge on any atom is -0.335 e. The maximum absolute atomic E-state index is 13.0. The van der Waals surface area contributed by atoms with Gasteiger partial charge in [-0.2, -0.15) is 5.26 Å². The van der Waals surface area contributed by atoms with E-state index in [9.17, 15) is 4.79 Å². The first-order chi connectivity index (χ1) is 13.2. The molecule has 1 amide bonds. The molecular formula is C21H14N4O2. The van der Waals surface area contributed by atoms with Crippen molar-refractivity contribution in [3.8, 4) is 17.3 Å². The van der Waals surface area contributed by atoms with Gasteiger partial charge in [0.2, 0.25) is 0 Å². The number of aromatic nitrogens is 2. The number of rotatable bonds is 3. The quantitative estimate of drug-likeness (QED) is 0.591. The molecule has 4 aromatic rings. The number of aryl methyl sites for hydroxylation is 1. The lowest BCUT2D eigenvalue weighted by Gasteiger charge is -2.08. The Morgan fingerprint density at radius 3 is 2.70 bits per heavy atom. The summed E-state index contributed by atoms with van der Waals surface area (Å²) >= 11 is 0. The van der Waals surface area contributed by atoms with Crippen LogP contribution in [0, 0.1) is 18.3 Å². The molecule has 0 aliphatic carbocycles. The highest BCUT2D eigenvalue weighted by Gasteiger charge is 2.19. The van der Waals surface area contributed by atoms with Crippen LogP contribution in [0.25, 0.3) is 22.4 Å². The number of fused-ring (bicyclic) bond motifs is 1. The molecule has 1 N–H and O–H groups in total. The predicted octanol–water partition coefficient (Wildman–Crippen LogP) is 4.32. The van der Waals surface area contributed by atoms with E-state index < -0.39 is 0 Å². The molecule has 6 heteroatoms. The van der Waals surface area contributed by atoms with Gasteiger partial charge in [0.25, 0.3) is 11.6 Å². The Morgan fingerprint density at radius 1 is 1.11 bits per heavy atom. The van der Waals surface area contributed by atoms with E-state index in [1.165, 1.54) is 0 Å². The molecule has 0 atom stereocenters. The number of amides is 1. The lowest BCUT2D eigenvalue weighted by atomic mass is 10.0. The van der Waals surface area contributed by atoms with Gasteiger partial charge in [0, 0.05) is 11.3 Å². The Hall–Kier alpha value is -3.98. The Kier molecular flexibility index (Phi) is 4.11. The van der Waals surface area contributed by atoms with E-state index in [-0.39, 0.29) is 5.91 Å². The number of anilines is 1. The Morgan fingerprint density at radius 2 is 1.93 bits per heavy atom. The second kappa shape index (κ2) is 6.73. The highest BCUT2D eigenvalue weighted by Crippen LogP contribution is 2.27. The zero-order valence-corrected chi connectivity index (χ0v) is 14.4. The zero-order valence-electron chi connectivity index (χ0n) is 14.4. The SMILES string of the molecule is Cc1noc2nc(-c3ccccc3)cc(C(=O)Nc3cccc(C#N)c3)c12. The molecule has 130 valence electrons. The van der Waals surface area contributed by atoms with Gasteiger partial charge in [-0.15, -0.1) is 0 Å². The third-order valence-electron chi connectivity index (χ3n) is 4.18. The van der Waals surface area contributed by atoms with Crippen LogP contribution in [0.4, 0.5) is 5.69 Å². The molecule has 0 saturated carbocycles. The van der Waals surface area contributed by atoms with Gasteiger partial charge in [-0.25, -0.2) is 4.98 Å². The van der Waals surface area contributed by atoms with Crippen LogP contribution in [0.2, 0.25) is 0 Å². The van der Waals surface area contributed by atoms with Gasteiger partial charge in [0.1, 0.15) is 0 Å². The van der Waals surface area contributed by atoms with Crippen LogP contribution < -0.4 is 5.32 Å². The molecule has 27 heavy (non-hydrogen) atoms. The molecule has 0 fully saturated rings. The van der Waals surface area contributed by atoms with Gasteiger partial charge in [-0.05, 0) is 31.2 Å². The first-order valence-corrected chi connectivity index (χ1v) is 8.29. The second-order valence-corrected chi connectivity index (χ2v) is 6.02. The van der Waals surface area contributed by atoms with E-state index >= 15 is 0 Å². The summed E-state index contributed by atoms with van der Waals surface area (Å²) in [5, 5.41) is 16.4. The molecule has 4 rings (SSSR count). The molecule has 2 heterocycles. The number of benzene rings is 2. The molecule has 6 nitrogen and oxygen atoms in total. The van der Waals surface area contributed by atoms with Crippen LogP contribution in [0.5, 0.6) is 0 Å². The van der Waals surface area contributed by atoms with Crippen LogP contribution in [0.3, 0.4) is 0 Å². The van der Waals surface area contributed by atoms with Crippen molar-refractivity contribution in [3.63, 3.8) is 0 Å². The topological polar surface area (TPSA) is 91.8 Å². The average Bonchev–Trinajstić information content (AvgIpc) is 3.09. The number of carbonyl (C=O) groups is 1. The maximum atomic E-state index is 13.0. The summed E-state index contributed by atoms with van der Waals surface area (Å²) in [6.07, 6.45) is 0. The monoisotopic (exact) mass is 354 g/mol. The van der Waals surface area contributed by atoms with Crippen molar-refractivity contribution in [1.29, 1.82) is 5.26 Å². The molecule has 0 saturated heterocycles. The molecular weight excluding hydrogens is 340 g/mol. The van der Waals surface area contributed by atoms with E-state index in [4.69, 9.17) is 9.78 Å². The van der Waals surface area contributed by atoms with Crippen molar-refractivity contribution in [2.45, 2.75) is 6.92 Å². The normalized spacial score (nSPS) is 10.5. The van der Waals surface area contributed by atoms with E-state index in [1.807, 2.05) is 30.3 Å². The van der Waals surface area contributed by atoms with Gasteiger partial charge in [-0.1, -0.05) is 41.6 Å². The Bertz CT molecular complexity index is 1190. The van der Waals surface area contributed by atoms with Crippen molar-refractivity contribution >= 4 is 22.7 Å². The summed E-state index contributed by atoms with van der Waals surface area (Å²) in [5.41, 5.74) is 3.82. The van der Waals surface area contributed by atoms with Gasteiger partial charge in [0.05, 0.1) is 34.0 Å². The summed E-state index contributed by atoms with van der Waals surface area (Å²) in [6, 6.07) is 20.1. The highest BCUT2D eigenvalue weighted by atomic mass is 16.5. The highest BCUT2D eigenvalue weighted by molar-refractivity contribution is 6.13. The Balaban J connectivity index is 1.80. The van der Waals surface area contributed by atoms with Gasteiger partial charge < -0.3 is 9.84 Å². The van der Waals surface area contributed by atoms with Crippen LogP contribution in [-0.2, 0) is 0 Å². The van der Waals surface area contributed by atoms with Gasteiger partial charge in [-0.3, -0.25) is 4.79 Å². The number of hydrogen-bond acceptors (Lipinski definition) is 5. The number of nitriles is 1. The number of nitrogens with zero attached hydrogens (tertiary/aromatic N) is 3. The van der Waals surface area contributed by atoms with Crippen molar-refractivity contribution in [2.75, 3.05) is 5.32 Å². The minimum absolute atomic E-state index is 0.310. The molecule has 2 aromatic heterocycles. The predicted molar refractivity (Wildman–Crippen MR) is 101 cm³/mol. The lowest BCUT2D eigenvalue weighted by Crippen LogP contribution is -2.13. The van der Waals surface area contributed by atoms with Crippen LogP contribution in [0.1, 0.15) is 21.6 Å². The number of hydrogen-bond donors (Lipinski definition) is 1. The van der Waals surface area contributed by atoms with Crippen molar-refractivity contribution in [1.82, 2.24) is 10.1 Å². The van der Waals surface area contributed by atoms with E-state index in [0.717, 1.165) is 5.56 Å². The summed E-state index contributed by atoms with van der Waals surface area (Å²) in [6.45, 7) is 1.77. The summed E-state index contributed by atoms with van der Waals surface area (Å²) in [7, 11) is 0. The third kappa shape index (κ3) is 3.14. The third-order valence-corrected chi connectivity index (χ3v) is 4.18. The first-order valence-electron chi connectivity index (χ1n) is 8.29. The summed E-state index contributed by atoms with van der Waals surface area (Å²) < 4.78 is 5.30. The number of carbonyl (C=O) groups excluding carboxylic acids is 1. The van der Waals surface area contributed by atoms with Crippen LogP contribution in [-0.4, -0.2) is 16.0 Å².